The number of ether oxygens (including phenoxy) is 2. The van der Waals surface area contributed by atoms with E-state index in [4.69, 9.17) is 9.47 Å². The number of carbonyl (C=O) groups is 2. The maximum absolute atomic E-state index is 11.5. The second-order valence-corrected chi connectivity index (χ2v) is 3.20. The number of methoxy groups -OCH3 is 2. The molecule has 1 aliphatic rings. The minimum absolute atomic E-state index is 0.0673. The van der Waals surface area contributed by atoms with Crippen LogP contribution in [0.2, 0.25) is 0 Å². The first-order valence-electron chi connectivity index (χ1n) is 4.59. The monoisotopic (exact) mass is 230 g/mol. The second-order valence-electron chi connectivity index (χ2n) is 3.20. The Morgan fingerprint density at radius 2 is 2.25 bits per heavy atom. The highest BCUT2D eigenvalue weighted by atomic mass is 16.7. The number of aliphatic hydroxyl groups is 1. The summed E-state index contributed by atoms with van der Waals surface area (Å²) in [6.45, 7) is 0.0673. The molecule has 0 saturated carbocycles. The van der Waals surface area contributed by atoms with Gasteiger partial charge in [0, 0.05) is 20.3 Å². The number of rotatable bonds is 5. The average molecular weight is 230 g/mol. The van der Waals surface area contributed by atoms with Gasteiger partial charge in [-0.3, -0.25) is 9.59 Å². The molecular weight excluding hydrogens is 216 g/mol. The van der Waals surface area contributed by atoms with E-state index in [1.807, 2.05) is 0 Å². The van der Waals surface area contributed by atoms with Gasteiger partial charge < -0.3 is 25.2 Å². The van der Waals surface area contributed by atoms with E-state index in [1.54, 1.807) is 0 Å². The highest BCUT2D eigenvalue weighted by molar-refractivity contribution is 6.00. The van der Waals surface area contributed by atoms with Crippen molar-refractivity contribution in [3.05, 3.63) is 12.2 Å². The van der Waals surface area contributed by atoms with E-state index >= 15 is 0 Å². The van der Waals surface area contributed by atoms with Crippen LogP contribution in [0.1, 0.15) is 0 Å². The number of carbonyl (C=O) groups excluding carboxylic acids is 2. The van der Waals surface area contributed by atoms with Gasteiger partial charge >= 0.3 is 0 Å². The van der Waals surface area contributed by atoms with Gasteiger partial charge in [0.05, 0.1) is 6.54 Å². The SMILES string of the molecule is COC(CNC(=O)C1(O)C=CC(=O)N1)OC. The first-order valence-corrected chi connectivity index (χ1v) is 4.59. The molecular formula is C9H14N2O5. The summed E-state index contributed by atoms with van der Waals surface area (Å²) in [4.78, 5) is 22.3. The summed E-state index contributed by atoms with van der Waals surface area (Å²) in [5.41, 5.74) is -1.98. The summed E-state index contributed by atoms with van der Waals surface area (Å²) in [5.74, 6) is -1.26. The van der Waals surface area contributed by atoms with E-state index in [2.05, 4.69) is 10.6 Å². The summed E-state index contributed by atoms with van der Waals surface area (Å²) in [6, 6.07) is 0. The summed E-state index contributed by atoms with van der Waals surface area (Å²) in [7, 11) is 2.85. The molecule has 0 aromatic heterocycles. The maximum atomic E-state index is 11.5. The molecule has 0 aromatic carbocycles. The van der Waals surface area contributed by atoms with Crippen molar-refractivity contribution in [2.75, 3.05) is 20.8 Å². The third kappa shape index (κ3) is 2.78. The highest BCUT2D eigenvalue weighted by Crippen LogP contribution is 2.08. The Bertz CT molecular complexity index is 313. The lowest BCUT2D eigenvalue weighted by Crippen LogP contribution is -2.55. The molecule has 0 aromatic rings. The third-order valence-corrected chi connectivity index (χ3v) is 2.09. The third-order valence-electron chi connectivity index (χ3n) is 2.09. The predicted molar refractivity (Wildman–Crippen MR) is 53.0 cm³/mol. The fourth-order valence-corrected chi connectivity index (χ4v) is 1.17. The van der Waals surface area contributed by atoms with Gasteiger partial charge in [0.25, 0.3) is 5.91 Å². The average Bonchev–Trinajstić information content (AvgIpc) is 2.61. The molecule has 16 heavy (non-hydrogen) atoms. The van der Waals surface area contributed by atoms with Crippen molar-refractivity contribution in [2.24, 2.45) is 0 Å². The molecule has 3 N–H and O–H groups in total. The minimum Gasteiger partial charge on any atom is -0.360 e. The van der Waals surface area contributed by atoms with Gasteiger partial charge in [-0.05, 0) is 6.08 Å². The zero-order chi connectivity index (χ0) is 12.2. The van der Waals surface area contributed by atoms with Crippen LogP contribution in [0.4, 0.5) is 0 Å². The van der Waals surface area contributed by atoms with Crippen molar-refractivity contribution < 1.29 is 24.2 Å². The normalized spacial score (nSPS) is 23.6. The Morgan fingerprint density at radius 1 is 1.62 bits per heavy atom. The van der Waals surface area contributed by atoms with Crippen LogP contribution in [0.15, 0.2) is 12.2 Å². The molecule has 0 saturated heterocycles. The van der Waals surface area contributed by atoms with Crippen molar-refractivity contribution in [3.8, 4) is 0 Å². The first kappa shape index (κ1) is 12.6. The van der Waals surface area contributed by atoms with Crippen LogP contribution < -0.4 is 10.6 Å². The molecule has 90 valence electrons. The molecule has 7 nitrogen and oxygen atoms in total. The summed E-state index contributed by atoms with van der Waals surface area (Å²) < 4.78 is 9.69. The van der Waals surface area contributed by atoms with E-state index < -0.39 is 23.8 Å². The number of amides is 2. The van der Waals surface area contributed by atoms with Crippen LogP contribution in [0.5, 0.6) is 0 Å². The zero-order valence-electron chi connectivity index (χ0n) is 9.02. The minimum atomic E-state index is -1.98. The predicted octanol–water partition coefficient (Wildman–Crippen LogP) is -1.90. The van der Waals surface area contributed by atoms with Crippen LogP contribution >= 0.6 is 0 Å². The number of hydrogen-bond acceptors (Lipinski definition) is 5. The fraction of sp³-hybridized carbons (Fsp3) is 0.556. The van der Waals surface area contributed by atoms with Gasteiger partial charge in [-0.25, -0.2) is 0 Å². The fourth-order valence-electron chi connectivity index (χ4n) is 1.17. The van der Waals surface area contributed by atoms with Crippen LogP contribution in [0.25, 0.3) is 0 Å². The van der Waals surface area contributed by atoms with Crippen molar-refractivity contribution in [1.82, 2.24) is 10.6 Å². The molecule has 1 unspecified atom stereocenters. The Hall–Kier alpha value is -1.44. The maximum Gasteiger partial charge on any atom is 0.277 e. The first-order chi connectivity index (χ1) is 7.51. The van der Waals surface area contributed by atoms with E-state index in [9.17, 15) is 14.7 Å². The lowest BCUT2D eigenvalue weighted by atomic mass is 10.2. The topological polar surface area (TPSA) is 96.9 Å². The largest absolute Gasteiger partial charge is 0.360 e. The number of nitrogens with one attached hydrogen (secondary N) is 2. The molecule has 0 aliphatic carbocycles. The van der Waals surface area contributed by atoms with Crippen molar-refractivity contribution >= 4 is 11.8 Å². The Kier molecular flexibility index (Phi) is 3.99. The van der Waals surface area contributed by atoms with Crippen molar-refractivity contribution in [2.45, 2.75) is 12.0 Å². The molecule has 1 atom stereocenters. The lowest BCUT2D eigenvalue weighted by Gasteiger charge is -2.21. The van der Waals surface area contributed by atoms with E-state index in [-0.39, 0.29) is 6.54 Å². The summed E-state index contributed by atoms with van der Waals surface area (Å²) in [6.07, 6.45) is 1.57. The molecule has 0 spiro atoms. The van der Waals surface area contributed by atoms with E-state index in [0.29, 0.717) is 0 Å². The van der Waals surface area contributed by atoms with Crippen LogP contribution in [0, 0.1) is 0 Å². The molecule has 1 rings (SSSR count). The van der Waals surface area contributed by atoms with E-state index in [0.717, 1.165) is 12.2 Å². The van der Waals surface area contributed by atoms with Crippen molar-refractivity contribution in [3.63, 3.8) is 0 Å². The summed E-state index contributed by atoms with van der Waals surface area (Å²) >= 11 is 0. The molecule has 0 bridgehead atoms. The highest BCUT2D eigenvalue weighted by Gasteiger charge is 2.38. The van der Waals surface area contributed by atoms with E-state index in [1.165, 1.54) is 14.2 Å². The van der Waals surface area contributed by atoms with Gasteiger partial charge in [-0.1, -0.05) is 0 Å². The number of hydrogen-bond donors (Lipinski definition) is 3. The molecule has 1 heterocycles. The Morgan fingerprint density at radius 3 is 2.69 bits per heavy atom. The van der Waals surface area contributed by atoms with Crippen LogP contribution in [0.3, 0.4) is 0 Å². The molecule has 0 fully saturated rings. The van der Waals surface area contributed by atoms with Crippen LogP contribution in [-0.4, -0.2) is 49.7 Å². The lowest BCUT2D eigenvalue weighted by molar-refractivity contribution is -0.144. The van der Waals surface area contributed by atoms with Gasteiger partial charge in [0.2, 0.25) is 11.6 Å². The molecule has 7 heteroatoms. The Labute approximate surface area is 92.4 Å². The standard InChI is InChI=1S/C9H14N2O5/c1-15-7(16-2)5-10-8(13)9(14)4-3-6(12)11-9/h3-4,7,14H,5H2,1-2H3,(H,10,13)(H,11,12). The van der Waals surface area contributed by atoms with Gasteiger partial charge in [0.15, 0.2) is 6.29 Å². The van der Waals surface area contributed by atoms with Crippen LogP contribution in [-0.2, 0) is 19.1 Å². The molecule has 2 amide bonds. The second kappa shape index (κ2) is 5.06. The molecule has 0 radical (unpaired) electrons. The van der Waals surface area contributed by atoms with Gasteiger partial charge in [-0.2, -0.15) is 0 Å². The quantitative estimate of drug-likeness (QED) is 0.479. The Balaban J connectivity index is 2.47. The molecule has 1 aliphatic heterocycles. The van der Waals surface area contributed by atoms with Crippen molar-refractivity contribution in [1.29, 1.82) is 0 Å². The zero-order valence-corrected chi connectivity index (χ0v) is 9.02. The summed E-state index contributed by atoms with van der Waals surface area (Å²) in [5, 5.41) is 14.2. The van der Waals surface area contributed by atoms with Gasteiger partial charge in [-0.15, -0.1) is 0 Å². The van der Waals surface area contributed by atoms with Gasteiger partial charge in [0.1, 0.15) is 0 Å². The smallest absolute Gasteiger partial charge is 0.277 e.